The lowest BCUT2D eigenvalue weighted by molar-refractivity contribution is -0.147. The summed E-state index contributed by atoms with van der Waals surface area (Å²) in [5.41, 5.74) is 6.39. The molecular weight excluding hydrogens is 306 g/mol. The molecule has 2 rings (SSSR count). The lowest BCUT2D eigenvalue weighted by Gasteiger charge is -2.18. The van der Waals surface area contributed by atoms with Crippen LogP contribution in [0.25, 0.3) is 0 Å². The molecule has 1 fully saturated rings. The molecule has 1 aliphatic heterocycles. The number of rotatable bonds is 7. The summed E-state index contributed by atoms with van der Waals surface area (Å²) in [6.07, 6.45) is 0.588. The van der Waals surface area contributed by atoms with Crippen molar-refractivity contribution >= 4 is 16.0 Å². The van der Waals surface area contributed by atoms with Crippen LogP contribution in [-0.4, -0.2) is 39.5 Å². The number of esters is 1. The Morgan fingerprint density at radius 3 is 2.77 bits per heavy atom. The van der Waals surface area contributed by atoms with E-state index in [0.717, 1.165) is 5.56 Å². The second kappa shape index (κ2) is 7.68. The van der Waals surface area contributed by atoms with Gasteiger partial charge in [0.05, 0.1) is 6.61 Å². The van der Waals surface area contributed by atoms with Crippen LogP contribution in [0.2, 0.25) is 0 Å². The van der Waals surface area contributed by atoms with E-state index in [9.17, 15) is 13.2 Å². The zero-order valence-electron chi connectivity index (χ0n) is 12.4. The van der Waals surface area contributed by atoms with Crippen LogP contribution in [0.5, 0.6) is 0 Å². The largest absolute Gasteiger partial charge is 0.466 e. The number of nitrogens with one attached hydrogen (secondary N) is 3. The fourth-order valence-electron chi connectivity index (χ4n) is 2.30. The molecule has 0 spiro atoms. The quantitative estimate of drug-likeness (QED) is 0.598. The molecule has 1 aliphatic rings. The Morgan fingerprint density at radius 1 is 1.36 bits per heavy atom. The van der Waals surface area contributed by atoms with Crippen molar-refractivity contribution in [3.05, 3.63) is 35.9 Å². The highest BCUT2D eigenvalue weighted by Crippen LogP contribution is 2.15. The minimum Gasteiger partial charge on any atom is -0.466 e. The number of hydrogen-bond donors (Lipinski definition) is 3. The predicted octanol–water partition coefficient (Wildman–Crippen LogP) is -0.238. The molecule has 122 valence electrons. The van der Waals surface area contributed by atoms with E-state index in [1.807, 2.05) is 30.3 Å². The van der Waals surface area contributed by atoms with Crippen LogP contribution in [0.4, 0.5) is 0 Å². The smallest absolute Gasteiger partial charge is 0.313 e. The summed E-state index contributed by atoms with van der Waals surface area (Å²) < 4.78 is 32.1. The number of hydrazine groups is 1. The Labute approximate surface area is 130 Å². The van der Waals surface area contributed by atoms with Crippen molar-refractivity contribution < 1.29 is 17.9 Å². The van der Waals surface area contributed by atoms with Crippen molar-refractivity contribution in [1.29, 1.82) is 0 Å². The first kappa shape index (κ1) is 16.9. The predicted molar refractivity (Wildman–Crippen MR) is 82.1 cm³/mol. The maximum Gasteiger partial charge on any atom is 0.313 e. The number of carbonyl (C=O) groups is 1. The zero-order valence-corrected chi connectivity index (χ0v) is 13.2. The zero-order chi connectivity index (χ0) is 16.0. The van der Waals surface area contributed by atoms with E-state index in [0.29, 0.717) is 6.42 Å². The minimum atomic E-state index is -3.67. The van der Waals surface area contributed by atoms with Crippen molar-refractivity contribution in [3.63, 3.8) is 0 Å². The lowest BCUT2D eigenvalue weighted by Crippen LogP contribution is -2.47. The van der Waals surface area contributed by atoms with Gasteiger partial charge in [-0.1, -0.05) is 30.3 Å². The van der Waals surface area contributed by atoms with E-state index in [2.05, 4.69) is 15.6 Å². The molecule has 1 saturated heterocycles. The second-order valence-electron chi connectivity index (χ2n) is 4.98. The number of hydrogen-bond acceptors (Lipinski definition) is 6. The van der Waals surface area contributed by atoms with E-state index in [1.54, 1.807) is 6.92 Å². The van der Waals surface area contributed by atoms with Crippen LogP contribution in [0.15, 0.2) is 30.3 Å². The van der Waals surface area contributed by atoms with Gasteiger partial charge in [-0.3, -0.25) is 10.2 Å². The van der Waals surface area contributed by atoms with Crippen molar-refractivity contribution in [2.75, 3.05) is 19.7 Å². The maximum absolute atomic E-state index is 12.3. The topological polar surface area (TPSA) is 96.5 Å². The van der Waals surface area contributed by atoms with Crippen LogP contribution in [0.3, 0.4) is 0 Å². The summed E-state index contributed by atoms with van der Waals surface area (Å²) in [6, 6.07) is 9.59. The van der Waals surface area contributed by atoms with Gasteiger partial charge in [0.1, 0.15) is 5.92 Å². The van der Waals surface area contributed by atoms with Crippen LogP contribution < -0.4 is 15.6 Å². The van der Waals surface area contributed by atoms with Gasteiger partial charge in [0.15, 0.2) is 5.37 Å². The average molecular weight is 327 g/mol. The number of carbonyl (C=O) groups excluding carboxylic acids is 1. The first-order valence-corrected chi connectivity index (χ1v) is 8.76. The van der Waals surface area contributed by atoms with Gasteiger partial charge in [-0.05, 0) is 18.9 Å². The van der Waals surface area contributed by atoms with E-state index >= 15 is 0 Å². The molecule has 0 radical (unpaired) electrons. The third kappa shape index (κ3) is 4.26. The van der Waals surface area contributed by atoms with Crippen LogP contribution in [0.1, 0.15) is 12.5 Å². The Balaban J connectivity index is 1.93. The molecule has 0 amide bonds. The van der Waals surface area contributed by atoms with E-state index < -0.39 is 27.3 Å². The van der Waals surface area contributed by atoms with Crippen molar-refractivity contribution in [3.8, 4) is 0 Å². The summed E-state index contributed by atoms with van der Waals surface area (Å²) >= 11 is 0. The van der Waals surface area contributed by atoms with Crippen molar-refractivity contribution in [1.82, 2.24) is 15.6 Å². The molecule has 2 unspecified atom stereocenters. The highest BCUT2D eigenvalue weighted by Gasteiger charge is 2.42. The highest BCUT2D eigenvalue weighted by molar-refractivity contribution is 7.90. The number of sulfonamides is 1. The summed E-state index contributed by atoms with van der Waals surface area (Å²) in [5, 5.41) is -1.03. The average Bonchev–Trinajstić information content (AvgIpc) is 2.99. The first-order valence-electron chi connectivity index (χ1n) is 7.22. The third-order valence-electron chi connectivity index (χ3n) is 3.42. The number of benzene rings is 1. The number of ether oxygens (including phenoxy) is 1. The van der Waals surface area contributed by atoms with Gasteiger partial charge in [-0.15, -0.1) is 0 Å². The fraction of sp³-hybridized carbons (Fsp3) is 0.500. The molecule has 1 aromatic rings. The fourth-order valence-corrected chi connectivity index (χ4v) is 3.74. The Kier molecular flexibility index (Phi) is 5.90. The Bertz CT molecular complexity index is 591. The molecule has 1 heterocycles. The van der Waals surface area contributed by atoms with Gasteiger partial charge in [0.2, 0.25) is 10.0 Å². The van der Waals surface area contributed by atoms with Crippen LogP contribution in [0, 0.1) is 5.92 Å². The summed E-state index contributed by atoms with van der Waals surface area (Å²) in [4.78, 5) is 11.8. The van der Waals surface area contributed by atoms with Gasteiger partial charge in [-0.2, -0.15) is 0 Å². The summed E-state index contributed by atoms with van der Waals surface area (Å²) in [6.45, 7) is 2.42. The summed E-state index contributed by atoms with van der Waals surface area (Å²) in [7, 11) is -3.67. The van der Waals surface area contributed by atoms with Gasteiger partial charge >= 0.3 is 5.97 Å². The van der Waals surface area contributed by atoms with E-state index in [4.69, 9.17) is 4.74 Å². The van der Waals surface area contributed by atoms with Crippen LogP contribution >= 0.6 is 0 Å². The third-order valence-corrected chi connectivity index (χ3v) is 5.14. The summed E-state index contributed by atoms with van der Waals surface area (Å²) in [5.74, 6) is -1.27. The maximum atomic E-state index is 12.3. The monoisotopic (exact) mass is 327 g/mol. The normalized spacial score (nSPS) is 21.7. The van der Waals surface area contributed by atoms with Crippen molar-refractivity contribution in [2.24, 2.45) is 5.92 Å². The van der Waals surface area contributed by atoms with Gasteiger partial charge in [0, 0.05) is 13.1 Å². The standard InChI is InChI=1S/C14H21N3O4S/c1-2-21-14(18)12-10-15-17-13(12)22(19,20)16-9-8-11-6-4-3-5-7-11/h3-7,12-13,15-17H,2,8-10H2,1H3. The minimum absolute atomic E-state index is 0.225. The molecule has 2 atom stereocenters. The van der Waals surface area contributed by atoms with Crippen molar-refractivity contribution in [2.45, 2.75) is 18.7 Å². The second-order valence-corrected chi connectivity index (χ2v) is 6.87. The van der Waals surface area contributed by atoms with Gasteiger partial charge in [-0.25, -0.2) is 18.6 Å². The Morgan fingerprint density at radius 2 is 2.09 bits per heavy atom. The lowest BCUT2D eigenvalue weighted by atomic mass is 10.2. The molecule has 3 N–H and O–H groups in total. The SMILES string of the molecule is CCOC(=O)C1CNNC1S(=O)(=O)NCCc1ccccc1. The molecule has 0 aliphatic carbocycles. The van der Waals surface area contributed by atoms with Crippen LogP contribution in [-0.2, 0) is 26.0 Å². The molecule has 0 aromatic heterocycles. The van der Waals surface area contributed by atoms with E-state index in [-0.39, 0.29) is 19.7 Å². The molecule has 22 heavy (non-hydrogen) atoms. The van der Waals surface area contributed by atoms with Gasteiger partial charge < -0.3 is 4.74 Å². The Hall–Kier alpha value is -1.48. The van der Waals surface area contributed by atoms with Gasteiger partial charge in [0.25, 0.3) is 0 Å². The molecule has 7 nitrogen and oxygen atoms in total. The molecule has 8 heteroatoms. The first-order chi connectivity index (χ1) is 10.5. The molecule has 1 aromatic carbocycles. The molecule has 0 saturated carbocycles. The van der Waals surface area contributed by atoms with E-state index in [1.165, 1.54) is 0 Å². The molecular formula is C14H21N3O4S. The molecule has 0 bridgehead atoms. The highest BCUT2D eigenvalue weighted by atomic mass is 32.2.